The molecule has 0 aromatic rings. The molecule has 0 fully saturated rings. The highest BCUT2D eigenvalue weighted by Gasteiger charge is 1.91. The van der Waals surface area contributed by atoms with Crippen molar-refractivity contribution in [2.45, 2.75) is 6.92 Å². The molecule has 0 rings (SSSR count). The maximum Gasteiger partial charge on any atom is 0.0547 e. The van der Waals surface area contributed by atoms with Crippen LogP contribution in [0.25, 0.3) is 0 Å². The summed E-state index contributed by atoms with van der Waals surface area (Å²) in [5.74, 6) is -0.0310. The van der Waals surface area contributed by atoms with E-state index < -0.39 is 11.1 Å². The topological polar surface area (TPSA) is 40.1 Å². The lowest BCUT2D eigenvalue weighted by Gasteiger charge is -2.04. The normalized spacial score (nSPS) is 16.7. The first-order chi connectivity index (χ1) is 5.07. The molecule has 0 aliphatic carbocycles. The minimum atomic E-state index is -2.24. The maximum absolute atomic E-state index is 10.3. The van der Waals surface area contributed by atoms with Crippen molar-refractivity contribution in [3.8, 4) is 0 Å². The summed E-state index contributed by atoms with van der Waals surface area (Å²) < 4.78 is 20.6. The molecule has 0 bridgehead atoms. The van der Waals surface area contributed by atoms with Gasteiger partial charge in [0.05, 0.1) is 5.88 Å². The minimum absolute atomic E-state index is 0.0310. The summed E-state index contributed by atoms with van der Waals surface area (Å²) in [6, 6.07) is 0. The number of allylic oxidation sites excluding steroid dienone is 4. The van der Waals surface area contributed by atoms with E-state index in [2.05, 4.69) is 0 Å². The Balaban J connectivity index is 4.37. The van der Waals surface area contributed by atoms with Gasteiger partial charge < -0.3 is 4.55 Å². The van der Waals surface area contributed by atoms with Crippen molar-refractivity contribution in [1.82, 2.24) is 0 Å². The van der Waals surface area contributed by atoms with E-state index in [1.54, 1.807) is 6.92 Å². The van der Waals surface area contributed by atoms with Crippen molar-refractivity contribution in [2.24, 2.45) is 0 Å². The summed E-state index contributed by atoms with van der Waals surface area (Å²) in [7, 11) is 0. The smallest absolute Gasteiger partial charge is 0.0547 e. The van der Waals surface area contributed by atoms with Crippen LogP contribution in [0.15, 0.2) is 22.1 Å². The molecule has 0 saturated carbocycles. The van der Waals surface area contributed by atoms with Gasteiger partial charge in [-0.25, -0.2) is 0 Å². The van der Waals surface area contributed by atoms with Gasteiger partial charge in [0.15, 0.2) is 0 Å². The van der Waals surface area contributed by atoms with E-state index in [1.165, 1.54) is 12.2 Å². The van der Waals surface area contributed by atoms with E-state index >= 15 is 0 Å². The van der Waals surface area contributed by atoms with Crippen LogP contribution in [0.2, 0.25) is 0 Å². The first-order valence-electron chi connectivity index (χ1n) is 2.76. The van der Waals surface area contributed by atoms with Gasteiger partial charge in [0, 0.05) is 9.94 Å². The fourth-order valence-corrected chi connectivity index (χ4v) is 1.04. The maximum atomic E-state index is 10.3. The molecule has 0 aromatic heterocycles. The van der Waals surface area contributed by atoms with Crippen LogP contribution < -0.4 is 0 Å². The zero-order valence-corrected chi connectivity index (χ0v) is 8.17. The van der Waals surface area contributed by atoms with Crippen molar-refractivity contribution in [3.05, 3.63) is 22.1 Å². The molecule has 0 spiro atoms. The fraction of sp³-hybridized carbons (Fsp3) is 0.333. The van der Waals surface area contributed by atoms with E-state index in [9.17, 15) is 8.76 Å². The van der Waals surface area contributed by atoms with Crippen LogP contribution in [0, 0.1) is 0 Å². The summed E-state index contributed by atoms with van der Waals surface area (Å²) >= 11 is 8.52. The lowest BCUT2D eigenvalue weighted by atomic mass is 10.4. The number of alkyl halides is 1. The molecular formula is C6H7Cl2O2S-. The van der Waals surface area contributed by atoms with Crippen LogP contribution in [-0.2, 0) is 11.1 Å². The van der Waals surface area contributed by atoms with Crippen LogP contribution in [0.1, 0.15) is 6.92 Å². The molecule has 5 heteroatoms. The summed E-state index contributed by atoms with van der Waals surface area (Å²) in [6.07, 6.45) is 2.85. The quantitative estimate of drug-likeness (QED) is 0.410. The SMILES string of the molecule is C/C(Cl)=C\C=C(/CCl)S(=O)[O-]. The molecule has 0 saturated heterocycles. The second-order valence-corrected chi connectivity index (χ2v) is 3.61. The van der Waals surface area contributed by atoms with Gasteiger partial charge in [0.2, 0.25) is 0 Å². The average molecular weight is 214 g/mol. The molecule has 0 amide bonds. The Morgan fingerprint density at radius 1 is 1.64 bits per heavy atom. The van der Waals surface area contributed by atoms with Gasteiger partial charge >= 0.3 is 0 Å². The van der Waals surface area contributed by atoms with Gasteiger partial charge in [0.25, 0.3) is 0 Å². The molecule has 0 aromatic carbocycles. The van der Waals surface area contributed by atoms with E-state index in [0.29, 0.717) is 5.03 Å². The van der Waals surface area contributed by atoms with Crippen molar-refractivity contribution < 1.29 is 8.76 Å². The Labute approximate surface area is 78.2 Å². The molecular weight excluding hydrogens is 207 g/mol. The fourth-order valence-electron chi connectivity index (χ4n) is 0.352. The Bertz CT molecular complexity index is 207. The Morgan fingerprint density at radius 2 is 2.18 bits per heavy atom. The number of halogens is 2. The number of rotatable bonds is 3. The zero-order valence-electron chi connectivity index (χ0n) is 5.84. The molecule has 0 aliphatic heterocycles. The van der Waals surface area contributed by atoms with Gasteiger partial charge in [-0.3, -0.25) is 4.21 Å². The van der Waals surface area contributed by atoms with Gasteiger partial charge in [0.1, 0.15) is 0 Å². The summed E-state index contributed by atoms with van der Waals surface area (Å²) in [4.78, 5) is 0.131. The van der Waals surface area contributed by atoms with Crippen LogP contribution in [0.3, 0.4) is 0 Å². The van der Waals surface area contributed by atoms with E-state index in [4.69, 9.17) is 23.2 Å². The molecule has 1 unspecified atom stereocenters. The highest BCUT2D eigenvalue weighted by atomic mass is 35.5. The molecule has 0 heterocycles. The second-order valence-electron chi connectivity index (χ2n) is 1.75. The van der Waals surface area contributed by atoms with Crippen LogP contribution in [0.5, 0.6) is 0 Å². The molecule has 0 aliphatic rings. The summed E-state index contributed by atoms with van der Waals surface area (Å²) in [5.41, 5.74) is 0. The number of hydrogen-bond donors (Lipinski definition) is 0. The van der Waals surface area contributed by atoms with Crippen molar-refractivity contribution in [2.75, 3.05) is 5.88 Å². The van der Waals surface area contributed by atoms with E-state index in [0.717, 1.165) is 0 Å². The van der Waals surface area contributed by atoms with Crippen molar-refractivity contribution in [3.63, 3.8) is 0 Å². The minimum Gasteiger partial charge on any atom is -0.769 e. The van der Waals surface area contributed by atoms with E-state index in [1.807, 2.05) is 0 Å². The van der Waals surface area contributed by atoms with Crippen LogP contribution in [-0.4, -0.2) is 14.6 Å². The molecule has 0 N–H and O–H groups in total. The second kappa shape index (κ2) is 5.77. The van der Waals surface area contributed by atoms with Crippen LogP contribution in [0.4, 0.5) is 0 Å². The summed E-state index contributed by atoms with van der Waals surface area (Å²) in [5, 5.41) is 0.512. The molecule has 64 valence electrons. The van der Waals surface area contributed by atoms with Crippen molar-refractivity contribution >= 4 is 34.3 Å². The summed E-state index contributed by atoms with van der Waals surface area (Å²) in [6.45, 7) is 1.65. The highest BCUT2D eigenvalue weighted by Crippen LogP contribution is 2.05. The lowest BCUT2D eigenvalue weighted by Crippen LogP contribution is -1.93. The predicted octanol–water partition coefficient (Wildman–Crippen LogP) is 2.13. The third-order valence-corrected chi connectivity index (χ3v) is 2.13. The molecule has 1 atom stereocenters. The van der Waals surface area contributed by atoms with Crippen LogP contribution >= 0.6 is 23.2 Å². The Hall–Kier alpha value is 0.170. The Morgan fingerprint density at radius 3 is 2.45 bits per heavy atom. The molecule has 11 heavy (non-hydrogen) atoms. The largest absolute Gasteiger partial charge is 0.769 e. The first-order valence-corrected chi connectivity index (χ1v) is 4.75. The number of hydrogen-bond acceptors (Lipinski definition) is 2. The zero-order chi connectivity index (χ0) is 8.85. The van der Waals surface area contributed by atoms with Gasteiger partial charge in [-0.15, -0.1) is 11.6 Å². The average Bonchev–Trinajstić information content (AvgIpc) is 1.87. The first kappa shape index (κ1) is 11.2. The van der Waals surface area contributed by atoms with Gasteiger partial charge in [-0.05, 0) is 30.2 Å². The van der Waals surface area contributed by atoms with Crippen molar-refractivity contribution in [1.29, 1.82) is 0 Å². The van der Waals surface area contributed by atoms with Gasteiger partial charge in [-0.1, -0.05) is 11.6 Å². The molecule has 2 nitrogen and oxygen atoms in total. The van der Waals surface area contributed by atoms with E-state index in [-0.39, 0.29) is 10.8 Å². The lowest BCUT2D eigenvalue weighted by molar-refractivity contribution is 0.543. The monoisotopic (exact) mass is 213 g/mol. The highest BCUT2D eigenvalue weighted by molar-refractivity contribution is 7.83. The Kier molecular flexibility index (Phi) is 5.86. The predicted molar refractivity (Wildman–Crippen MR) is 47.3 cm³/mol. The standard InChI is InChI=1S/C6H8Cl2O2S/c1-5(8)2-3-6(4-7)11(9)10/h2-3H,4H2,1H3,(H,9,10)/p-1/b5-2+,6-3+. The third-order valence-electron chi connectivity index (χ3n) is 0.845. The van der Waals surface area contributed by atoms with Gasteiger partial charge in [-0.2, -0.15) is 0 Å². The molecule has 0 radical (unpaired) electrons. The third kappa shape index (κ3) is 5.44.